The number of nitrogens with one attached hydrogen (secondary N) is 1. The van der Waals surface area contributed by atoms with Crippen molar-refractivity contribution >= 4 is 55.6 Å². The van der Waals surface area contributed by atoms with E-state index in [-0.39, 0.29) is 17.2 Å². The van der Waals surface area contributed by atoms with Gasteiger partial charge in [0.15, 0.2) is 5.16 Å². The molecule has 0 fully saturated rings. The zero-order valence-corrected chi connectivity index (χ0v) is 18.8. The molecule has 0 unspecified atom stereocenters. The largest absolute Gasteiger partial charge is 0.383 e. The van der Waals surface area contributed by atoms with Gasteiger partial charge in [0, 0.05) is 12.0 Å². The number of ether oxygens (including phenoxy) is 1. The van der Waals surface area contributed by atoms with Gasteiger partial charge < -0.3 is 10.1 Å². The average Bonchev–Trinajstić information content (AvgIpc) is 3.35. The maximum absolute atomic E-state index is 13.3. The van der Waals surface area contributed by atoms with Crippen LogP contribution in [0.25, 0.3) is 10.2 Å². The Bertz CT molecular complexity index is 1190. The summed E-state index contributed by atoms with van der Waals surface area (Å²) in [5.74, 6) is -0.143. The molecule has 0 atom stereocenters. The van der Waals surface area contributed by atoms with E-state index in [1.807, 2.05) is 0 Å². The van der Waals surface area contributed by atoms with Crippen molar-refractivity contribution in [2.45, 2.75) is 37.4 Å². The average molecular weight is 461 g/mol. The third-order valence-electron chi connectivity index (χ3n) is 4.93. The number of nitriles is 1. The Morgan fingerprint density at radius 2 is 2.27 bits per heavy atom. The standard InChI is InChI=1S/C20H20N4O3S3/c1-27-8-7-24-19(26)16-13-4-2-3-5-14(13)30-18(16)23-20(24)29-11-15(25)22-17-12(10-21)6-9-28-17/h6,9H,2-5,7-8,11H2,1H3,(H,22,25). The number of anilines is 1. The molecule has 156 valence electrons. The molecule has 10 heteroatoms. The minimum atomic E-state index is -0.239. The molecule has 0 spiro atoms. The minimum Gasteiger partial charge on any atom is -0.383 e. The van der Waals surface area contributed by atoms with Crippen molar-refractivity contribution in [2.24, 2.45) is 0 Å². The van der Waals surface area contributed by atoms with Crippen molar-refractivity contribution in [3.63, 3.8) is 0 Å². The van der Waals surface area contributed by atoms with Gasteiger partial charge in [-0.3, -0.25) is 14.2 Å². The summed E-state index contributed by atoms with van der Waals surface area (Å²) < 4.78 is 6.80. The van der Waals surface area contributed by atoms with Gasteiger partial charge >= 0.3 is 0 Å². The second-order valence-corrected chi connectivity index (χ2v) is 9.79. The van der Waals surface area contributed by atoms with Crippen molar-refractivity contribution in [1.29, 1.82) is 5.26 Å². The van der Waals surface area contributed by atoms with E-state index in [1.165, 1.54) is 28.0 Å². The maximum atomic E-state index is 13.3. The number of amides is 1. The van der Waals surface area contributed by atoms with Gasteiger partial charge in [-0.15, -0.1) is 22.7 Å². The molecule has 4 rings (SSSR count). The first-order valence-electron chi connectivity index (χ1n) is 9.56. The van der Waals surface area contributed by atoms with Gasteiger partial charge in [0.05, 0.1) is 29.9 Å². The fourth-order valence-electron chi connectivity index (χ4n) is 3.50. The van der Waals surface area contributed by atoms with Crippen molar-refractivity contribution < 1.29 is 9.53 Å². The smallest absolute Gasteiger partial charge is 0.263 e. The Hall–Kier alpha value is -2.19. The molecule has 0 radical (unpaired) electrons. The van der Waals surface area contributed by atoms with Crippen molar-refractivity contribution in [1.82, 2.24) is 9.55 Å². The lowest BCUT2D eigenvalue weighted by Gasteiger charge is -2.13. The fourth-order valence-corrected chi connectivity index (χ4v) is 6.38. The molecule has 0 saturated heterocycles. The van der Waals surface area contributed by atoms with E-state index < -0.39 is 0 Å². The lowest BCUT2D eigenvalue weighted by molar-refractivity contribution is -0.113. The van der Waals surface area contributed by atoms with Crippen LogP contribution < -0.4 is 10.9 Å². The summed E-state index contributed by atoms with van der Waals surface area (Å²) in [5.41, 5.74) is 1.55. The van der Waals surface area contributed by atoms with Crippen molar-refractivity contribution in [3.05, 3.63) is 37.8 Å². The van der Waals surface area contributed by atoms with Crippen LogP contribution in [0.15, 0.2) is 21.4 Å². The van der Waals surface area contributed by atoms with Crippen LogP contribution in [-0.2, 0) is 28.9 Å². The molecule has 0 aromatic carbocycles. The number of thioether (sulfide) groups is 1. The van der Waals surface area contributed by atoms with Gasteiger partial charge in [0.2, 0.25) is 5.91 Å². The Morgan fingerprint density at radius 1 is 1.43 bits per heavy atom. The monoisotopic (exact) mass is 460 g/mol. The number of aryl methyl sites for hydroxylation is 2. The Labute approximate surface area is 185 Å². The number of hydrogen-bond donors (Lipinski definition) is 1. The highest BCUT2D eigenvalue weighted by molar-refractivity contribution is 7.99. The first kappa shape index (κ1) is 21.1. The number of rotatable bonds is 7. The molecule has 0 saturated carbocycles. The van der Waals surface area contributed by atoms with Crippen LogP contribution >= 0.6 is 34.4 Å². The Kier molecular flexibility index (Phi) is 6.53. The van der Waals surface area contributed by atoms with E-state index >= 15 is 0 Å². The van der Waals surface area contributed by atoms with Crippen LogP contribution in [0.1, 0.15) is 28.8 Å². The van der Waals surface area contributed by atoms with Crippen LogP contribution in [0.4, 0.5) is 5.00 Å². The van der Waals surface area contributed by atoms with Crippen molar-refractivity contribution in [2.75, 3.05) is 24.8 Å². The second kappa shape index (κ2) is 9.31. The quantitative estimate of drug-likeness (QED) is 0.427. The Morgan fingerprint density at radius 3 is 3.07 bits per heavy atom. The van der Waals surface area contributed by atoms with E-state index in [9.17, 15) is 9.59 Å². The normalized spacial score (nSPS) is 13.2. The van der Waals surface area contributed by atoms with Gasteiger partial charge in [-0.25, -0.2) is 4.98 Å². The second-order valence-electron chi connectivity index (χ2n) is 6.85. The summed E-state index contributed by atoms with van der Waals surface area (Å²) in [6.07, 6.45) is 4.17. The predicted octanol–water partition coefficient (Wildman–Crippen LogP) is 3.65. The lowest BCUT2D eigenvalue weighted by Crippen LogP contribution is -2.26. The topological polar surface area (TPSA) is 97.0 Å². The highest BCUT2D eigenvalue weighted by Gasteiger charge is 2.22. The molecule has 7 nitrogen and oxygen atoms in total. The summed E-state index contributed by atoms with van der Waals surface area (Å²) in [6, 6.07) is 3.73. The molecule has 3 heterocycles. The van der Waals surface area contributed by atoms with Crippen LogP contribution in [0.3, 0.4) is 0 Å². The molecular formula is C20H20N4O3S3. The van der Waals surface area contributed by atoms with Gasteiger partial charge in [0.25, 0.3) is 5.56 Å². The summed E-state index contributed by atoms with van der Waals surface area (Å²) in [7, 11) is 1.59. The van der Waals surface area contributed by atoms with Crippen LogP contribution in [0.2, 0.25) is 0 Å². The summed E-state index contributed by atoms with van der Waals surface area (Å²) in [5, 5.41) is 15.4. The van der Waals surface area contributed by atoms with Gasteiger partial charge in [-0.1, -0.05) is 11.8 Å². The number of fused-ring (bicyclic) bond motifs is 3. The third kappa shape index (κ3) is 4.16. The molecule has 0 bridgehead atoms. The van der Waals surface area contributed by atoms with Gasteiger partial charge in [-0.05, 0) is 42.7 Å². The zero-order chi connectivity index (χ0) is 21.1. The van der Waals surface area contributed by atoms with Gasteiger partial charge in [0.1, 0.15) is 15.9 Å². The molecule has 3 aromatic heterocycles. The van der Waals surface area contributed by atoms with Crippen LogP contribution in [-0.4, -0.2) is 34.9 Å². The summed E-state index contributed by atoms with van der Waals surface area (Å²) in [6.45, 7) is 0.774. The molecule has 0 aliphatic heterocycles. The first-order valence-corrected chi connectivity index (χ1v) is 12.2. The van der Waals surface area contributed by atoms with E-state index in [0.29, 0.717) is 28.9 Å². The fraction of sp³-hybridized carbons (Fsp3) is 0.400. The SMILES string of the molecule is COCCn1c(SCC(=O)Nc2sccc2C#N)nc2sc3c(c2c1=O)CCCC3. The van der Waals surface area contributed by atoms with E-state index in [1.54, 1.807) is 34.5 Å². The number of methoxy groups -OCH3 is 1. The number of nitrogens with zero attached hydrogens (tertiary/aromatic N) is 3. The highest BCUT2D eigenvalue weighted by Crippen LogP contribution is 2.34. The molecule has 30 heavy (non-hydrogen) atoms. The highest BCUT2D eigenvalue weighted by atomic mass is 32.2. The van der Waals surface area contributed by atoms with E-state index in [0.717, 1.165) is 41.5 Å². The van der Waals surface area contributed by atoms with Crippen LogP contribution in [0.5, 0.6) is 0 Å². The molecule has 1 aliphatic rings. The summed E-state index contributed by atoms with van der Waals surface area (Å²) in [4.78, 5) is 32.5. The van der Waals surface area contributed by atoms with E-state index in [4.69, 9.17) is 15.0 Å². The predicted molar refractivity (Wildman–Crippen MR) is 121 cm³/mol. The van der Waals surface area contributed by atoms with Gasteiger partial charge in [-0.2, -0.15) is 5.26 Å². The minimum absolute atomic E-state index is 0.0515. The molecular weight excluding hydrogens is 440 g/mol. The third-order valence-corrected chi connectivity index (χ3v) is 7.92. The number of hydrogen-bond acceptors (Lipinski definition) is 8. The summed E-state index contributed by atoms with van der Waals surface area (Å²) >= 11 is 4.14. The maximum Gasteiger partial charge on any atom is 0.263 e. The van der Waals surface area contributed by atoms with E-state index in [2.05, 4.69) is 11.4 Å². The number of thiophene rings is 2. The van der Waals surface area contributed by atoms with Crippen LogP contribution in [0, 0.1) is 11.3 Å². The zero-order valence-electron chi connectivity index (χ0n) is 16.4. The van der Waals surface area contributed by atoms with Crippen molar-refractivity contribution in [3.8, 4) is 6.07 Å². The number of aromatic nitrogens is 2. The Balaban J connectivity index is 1.61. The molecule has 1 amide bonds. The molecule has 1 N–H and O–H groups in total. The lowest BCUT2D eigenvalue weighted by atomic mass is 9.97. The number of carbonyl (C=O) groups is 1. The number of carbonyl (C=O) groups excluding carboxylic acids is 1. The molecule has 1 aliphatic carbocycles. The molecule has 3 aromatic rings. The first-order chi connectivity index (χ1) is 14.6.